The molecule has 11 nitrogen and oxygen atoms in total. The number of hydrogen-bond donors (Lipinski definition) is 4. The van der Waals surface area contributed by atoms with Crippen molar-refractivity contribution >= 4 is 23.7 Å². The Morgan fingerprint density at radius 2 is 1.73 bits per heavy atom. The van der Waals surface area contributed by atoms with Gasteiger partial charge in [-0.1, -0.05) is 80.6 Å². The van der Waals surface area contributed by atoms with E-state index < -0.39 is 42.0 Å². The molecule has 3 aromatic rings. The zero-order valence-electron chi connectivity index (χ0n) is 25.5. The van der Waals surface area contributed by atoms with E-state index in [0.29, 0.717) is 17.7 Å². The average molecular weight is 616 g/mol. The Morgan fingerprint density at radius 3 is 2.42 bits per heavy atom. The summed E-state index contributed by atoms with van der Waals surface area (Å²) < 4.78 is 4.80. The minimum Gasteiger partial charge on any atom is -0.467 e. The number of aliphatic hydroxyl groups excluding tert-OH is 1. The minimum absolute atomic E-state index is 0.0776. The highest BCUT2D eigenvalue weighted by Crippen LogP contribution is 2.29. The molecule has 0 saturated heterocycles. The topological polar surface area (TPSA) is 154 Å². The number of benzene rings is 2. The molecule has 1 aliphatic carbocycles. The molecule has 0 radical (unpaired) electrons. The molecule has 1 aliphatic heterocycles. The zero-order chi connectivity index (χ0) is 31.8. The fourth-order valence-corrected chi connectivity index (χ4v) is 6.42. The van der Waals surface area contributed by atoms with Crippen molar-refractivity contribution in [2.24, 2.45) is 5.92 Å². The molecule has 238 valence electrons. The maximum atomic E-state index is 14.1. The number of fused-ring (bicyclic) bond motifs is 1. The fourth-order valence-electron chi connectivity index (χ4n) is 6.42. The number of aromatic amines is 1. The smallest absolute Gasteiger partial charge is 0.336 e. The van der Waals surface area contributed by atoms with Crippen molar-refractivity contribution in [3.63, 3.8) is 0 Å². The van der Waals surface area contributed by atoms with Crippen molar-refractivity contribution in [2.75, 3.05) is 7.11 Å². The number of esters is 1. The SMILES string of the molecule is COC(=O)C(O)[C@H](CC1CCCCC1)NC(=O)[C@H](Cc1cnc[nH]1)NC(=O)[C@H](Cc1ccccc1)N1Cc2ccccc2C1=O. The predicted octanol–water partition coefficient (Wildman–Crippen LogP) is 2.69. The van der Waals surface area contributed by atoms with Gasteiger partial charge in [-0.3, -0.25) is 14.4 Å². The quantitative estimate of drug-likeness (QED) is 0.216. The van der Waals surface area contributed by atoms with Gasteiger partial charge in [0.15, 0.2) is 6.10 Å². The van der Waals surface area contributed by atoms with Gasteiger partial charge in [-0.25, -0.2) is 9.78 Å². The lowest BCUT2D eigenvalue weighted by Gasteiger charge is -2.31. The second-order valence-corrected chi connectivity index (χ2v) is 12.0. The third-order valence-corrected chi connectivity index (χ3v) is 8.88. The Kier molecular flexibility index (Phi) is 10.6. The fraction of sp³-hybridized carbons (Fsp3) is 0.441. The summed E-state index contributed by atoms with van der Waals surface area (Å²) in [6, 6.07) is 13.8. The Hall–Kier alpha value is -4.51. The van der Waals surface area contributed by atoms with Gasteiger partial charge in [-0.05, 0) is 29.5 Å². The van der Waals surface area contributed by atoms with Crippen LogP contribution in [0.15, 0.2) is 67.1 Å². The molecule has 4 N–H and O–H groups in total. The first-order valence-electron chi connectivity index (χ1n) is 15.6. The zero-order valence-corrected chi connectivity index (χ0v) is 25.5. The highest BCUT2D eigenvalue weighted by molar-refractivity contribution is 6.01. The van der Waals surface area contributed by atoms with Crippen LogP contribution in [0.3, 0.4) is 0 Å². The molecule has 0 spiro atoms. The normalized spacial score (nSPS) is 17.6. The van der Waals surface area contributed by atoms with Gasteiger partial charge in [-0.2, -0.15) is 0 Å². The molecule has 2 aliphatic rings. The number of carbonyl (C=O) groups is 4. The second-order valence-electron chi connectivity index (χ2n) is 12.0. The molecule has 1 fully saturated rings. The van der Waals surface area contributed by atoms with Crippen molar-refractivity contribution in [3.05, 3.63) is 89.5 Å². The van der Waals surface area contributed by atoms with Crippen molar-refractivity contribution in [1.29, 1.82) is 0 Å². The monoisotopic (exact) mass is 615 g/mol. The van der Waals surface area contributed by atoms with Gasteiger partial charge >= 0.3 is 5.97 Å². The number of H-pyrrole nitrogens is 1. The van der Waals surface area contributed by atoms with E-state index in [1.165, 1.54) is 13.4 Å². The van der Waals surface area contributed by atoms with Crippen LogP contribution in [0.25, 0.3) is 0 Å². The molecule has 11 heteroatoms. The van der Waals surface area contributed by atoms with E-state index in [0.717, 1.165) is 43.2 Å². The summed E-state index contributed by atoms with van der Waals surface area (Å²) in [6.45, 7) is 0.270. The largest absolute Gasteiger partial charge is 0.467 e. The van der Waals surface area contributed by atoms with E-state index in [1.807, 2.05) is 42.5 Å². The summed E-state index contributed by atoms with van der Waals surface area (Å²) in [6.07, 6.45) is 7.36. The van der Waals surface area contributed by atoms with Crippen molar-refractivity contribution in [3.8, 4) is 0 Å². The van der Waals surface area contributed by atoms with Crippen molar-refractivity contribution < 1.29 is 29.0 Å². The minimum atomic E-state index is -1.56. The van der Waals surface area contributed by atoms with Gasteiger partial charge in [0.1, 0.15) is 12.1 Å². The lowest BCUT2D eigenvalue weighted by molar-refractivity contribution is -0.153. The van der Waals surface area contributed by atoms with Crippen LogP contribution in [-0.4, -0.2) is 75.0 Å². The van der Waals surface area contributed by atoms with Crippen LogP contribution in [0.5, 0.6) is 0 Å². The molecule has 2 heterocycles. The van der Waals surface area contributed by atoms with Crippen LogP contribution in [0.2, 0.25) is 0 Å². The number of hydrogen-bond acceptors (Lipinski definition) is 7. The van der Waals surface area contributed by atoms with Crippen LogP contribution < -0.4 is 10.6 Å². The molecule has 45 heavy (non-hydrogen) atoms. The van der Waals surface area contributed by atoms with Crippen LogP contribution in [0.1, 0.15) is 65.7 Å². The molecule has 5 rings (SSSR count). The Morgan fingerprint density at radius 1 is 1.00 bits per heavy atom. The number of rotatable bonds is 13. The van der Waals surface area contributed by atoms with E-state index in [2.05, 4.69) is 20.6 Å². The molecule has 2 aromatic carbocycles. The molecule has 0 bridgehead atoms. The number of methoxy groups -OCH3 is 1. The summed E-state index contributed by atoms with van der Waals surface area (Å²) in [4.78, 5) is 62.5. The van der Waals surface area contributed by atoms with E-state index >= 15 is 0 Å². The van der Waals surface area contributed by atoms with E-state index in [4.69, 9.17) is 4.74 Å². The number of aliphatic hydroxyl groups is 1. The van der Waals surface area contributed by atoms with Gasteiger partial charge in [-0.15, -0.1) is 0 Å². The van der Waals surface area contributed by atoms with Gasteiger partial charge in [0.05, 0.1) is 19.5 Å². The van der Waals surface area contributed by atoms with Crippen molar-refractivity contribution in [2.45, 2.75) is 82.1 Å². The Balaban J connectivity index is 1.39. The highest BCUT2D eigenvalue weighted by Gasteiger charge is 2.39. The standard InChI is InChI=1S/C34H41N5O6/c1-45-34(44)30(40)27(16-22-10-4-2-5-11-22)37-31(41)28(18-25-19-35-21-36-25)38-32(42)29(17-23-12-6-3-7-13-23)39-20-24-14-8-9-15-26(24)33(39)43/h3,6-9,12-15,19,21-22,27-30,40H,2,4-5,10-11,16-18,20H2,1H3,(H,35,36)(H,37,41)(H,38,42)/t27-,28-,29-,30?/m0/s1. The Labute approximate surface area is 262 Å². The summed E-state index contributed by atoms with van der Waals surface area (Å²) in [5, 5.41) is 16.6. The molecule has 1 saturated carbocycles. The lowest BCUT2D eigenvalue weighted by Crippen LogP contribution is -2.58. The first-order valence-corrected chi connectivity index (χ1v) is 15.6. The van der Waals surface area contributed by atoms with Crippen LogP contribution in [0, 0.1) is 5.92 Å². The summed E-state index contributed by atoms with van der Waals surface area (Å²) in [5.41, 5.74) is 2.86. The number of aromatic nitrogens is 2. The highest BCUT2D eigenvalue weighted by atomic mass is 16.5. The number of nitrogens with zero attached hydrogens (tertiary/aromatic N) is 2. The van der Waals surface area contributed by atoms with Gasteiger partial charge in [0.2, 0.25) is 11.8 Å². The second kappa shape index (κ2) is 15.0. The lowest BCUT2D eigenvalue weighted by atomic mass is 9.83. The van der Waals surface area contributed by atoms with Crippen molar-refractivity contribution in [1.82, 2.24) is 25.5 Å². The summed E-state index contributed by atoms with van der Waals surface area (Å²) >= 11 is 0. The molecule has 1 unspecified atom stereocenters. The first kappa shape index (κ1) is 31.9. The predicted molar refractivity (Wildman–Crippen MR) is 166 cm³/mol. The number of amides is 3. The third kappa shape index (κ3) is 7.96. The van der Waals surface area contributed by atoms with E-state index in [-0.39, 0.29) is 31.2 Å². The number of ether oxygens (including phenoxy) is 1. The number of carbonyl (C=O) groups excluding carboxylic acids is 4. The maximum Gasteiger partial charge on any atom is 0.336 e. The molecule has 4 atom stereocenters. The van der Waals surface area contributed by atoms with Gasteiger partial charge in [0, 0.05) is 36.8 Å². The number of imidazole rings is 1. The Bertz CT molecular complexity index is 1460. The van der Waals surface area contributed by atoms with Gasteiger partial charge < -0.3 is 30.4 Å². The molecular weight excluding hydrogens is 574 g/mol. The maximum absolute atomic E-state index is 14.1. The molecular formula is C34H41N5O6. The first-order chi connectivity index (χ1) is 21.8. The van der Waals surface area contributed by atoms with Gasteiger partial charge in [0.25, 0.3) is 5.91 Å². The average Bonchev–Trinajstić information content (AvgIpc) is 3.70. The molecule has 3 amide bonds. The van der Waals surface area contributed by atoms with Crippen LogP contribution in [0.4, 0.5) is 0 Å². The van der Waals surface area contributed by atoms with Crippen LogP contribution in [-0.2, 0) is 38.5 Å². The van der Waals surface area contributed by atoms with E-state index in [1.54, 1.807) is 23.2 Å². The van der Waals surface area contributed by atoms with E-state index in [9.17, 15) is 24.3 Å². The molecule has 1 aromatic heterocycles. The number of nitrogens with one attached hydrogen (secondary N) is 3. The van der Waals surface area contributed by atoms with Crippen LogP contribution >= 0.6 is 0 Å². The third-order valence-electron chi connectivity index (χ3n) is 8.88. The summed E-state index contributed by atoms with van der Waals surface area (Å²) in [5.74, 6) is -1.89. The summed E-state index contributed by atoms with van der Waals surface area (Å²) in [7, 11) is 1.19.